The monoisotopic (exact) mass is 877 g/mol. The summed E-state index contributed by atoms with van der Waals surface area (Å²) >= 11 is 0. The first-order valence-electron chi connectivity index (χ1n) is 24.7. The zero-order valence-corrected chi connectivity index (χ0v) is 43.5. The van der Waals surface area contributed by atoms with E-state index in [1.807, 2.05) is 0 Å². The maximum atomic E-state index is 13.1. The highest BCUT2D eigenvalue weighted by Gasteiger charge is 2.34. The van der Waals surface area contributed by atoms with Crippen LogP contribution in [0.1, 0.15) is 212 Å². The minimum Gasteiger partial charge on any atom is -0.489 e. The van der Waals surface area contributed by atoms with Crippen LogP contribution in [0.15, 0.2) is 139 Å². The Hall–Kier alpha value is -4.18. The number of ether oxygens (including phenoxy) is 2. The SMILES string of the molecule is CCOC1=C(OC)C(=O)C(C)=C(C/C=C(\C)CC/C=C(\C)CC/C=C(\C)CC/C=C(\C)CC/C=C(\C)CC/C=C(\C)CC/C=C(\C)CC/C=C(\C)CC/C=C(\C)CCC=C(C)C)C1=O. The van der Waals surface area contributed by atoms with Crippen LogP contribution in [0.5, 0.6) is 0 Å². The first kappa shape index (κ1) is 57.8. The van der Waals surface area contributed by atoms with Crippen LogP contribution in [0.2, 0.25) is 0 Å². The maximum Gasteiger partial charge on any atom is 0.228 e. The number of methoxy groups -OCH3 is 1. The van der Waals surface area contributed by atoms with Crippen molar-refractivity contribution in [1.29, 1.82) is 0 Å². The van der Waals surface area contributed by atoms with Gasteiger partial charge in [0.2, 0.25) is 23.1 Å². The second kappa shape index (κ2) is 34.2. The minimum absolute atomic E-state index is 0.00577. The van der Waals surface area contributed by atoms with Crippen molar-refractivity contribution >= 4 is 11.6 Å². The fourth-order valence-corrected chi connectivity index (χ4v) is 7.68. The van der Waals surface area contributed by atoms with Gasteiger partial charge >= 0.3 is 0 Å². The molecule has 4 nitrogen and oxygen atoms in total. The van der Waals surface area contributed by atoms with Gasteiger partial charge in [0.15, 0.2) is 0 Å². The van der Waals surface area contributed by atoms with Crippen LogP contribution in [0.25, 0.3) is 0 Å². The van der Waals surface area contributed by atoms with Gasteiger partial charge in [0.1, 0.15) is 0 Å². The molecule has 0 radical (unpaired) electrons. The highest BCUT2D eigenvalue weighted by Crippen LogP contribution is 2.29. The van der Waals surface area contributed by atoms with Crippen LogP contribution in [0.4, 0.5) is 0 Å². The number of hydrogen-bond acceptors (Lipinski definition) is 4. The summed E-state index contributed by atoms with van der Waals surface area (Å²) in [4.78, 5) is 25.8. The van der Waals surface area contributed by atoms with E-state index in [2.05, 4.69) is 137 Å². The minimum atomic E-state index is -0.273. The molecule has 356 valence electrons. The standard InChI is InChI=1S/C60H92O4/c1-15-64-60-58(62)56(55(13)57(61)59(60)63-14)44-43-54(12)42-24-41-53(11)40-23-39-52(10)38-22-37-51(9)36-21-35-50(8)34-20-33-49(7)32-19-31-48(6)30-18-29-47(5)28-17-27-46(4)26-16-25-45(2)3/h25,27,29,31,33,35,37,39,41,43H,15-24,26,28,30,32,34,36,38,40,42,44H2,1-14H3/b46-27+,47-29+,48-31+,49-33+,50-35+,51-37+,52-39+,53-41+,54-43+. The summed E-state index contributed by atoms with van der Waals surface area (Å²) in [7, 11) is 1.40. The number of carbonyl (C=O) groups is 2. The third kappa shape index (κ3) is 26.6. The van der Waals surface area contributed by atoms with Crippen LogP contribution < -0.4 is 0 Å². The van der Waals surface area contributed by atoms with Crippen molar-refractivity contribution in [2.75, 3.05) is 13.7 Å². The Morgan fingerprint density at radius 1 is 0.391 bits per heavy atom. The lowest BCUT2D eigenvalue weighted by atomic mass is 9.90. The van der Waals surface area contributed by atoms with Crippen molar-refractivity contribution in [2.24, 2.45) is 0 Å². The molecule has 0 unspecified atom stereocenters. The average molecular weight is 877 g/mol. The molecule has 1 rings (SSSR count). The van der Waals surface area contributed by atoms with Crippen molar-refractivity contribution in [1.82, 2.24) is 0 Å². The van der Waals surface area contributed by atoms with Crippen molar-refractivity contribution in [3.05, 3.63) is 139 Å². The molecule has 64 heavy (non-hydrogen) atoms. The molecule has 0 heterocycles. The Labute approximate surface area is 394 Å². The van der Waals surface area contributed by atoms with Gasteiger partial charge in [0.05, 0.1) is 13.7 Å². The Kier molecular flexibility index (Phi) is 30.9. The molecule has 0 atom stereocenters. The number of hydrogen-bond donors (Lipinski definition) is 0. The van der Waals surface area contributed by atoms with Gasteiger partial charge in [-0.1, -0.05) is 116 Å². The molecule has 0 saturated heterocycles. The van der Waals surface area contributed by atoms with Crippen LogP contribution in [-0.4, -0.2) is 25.3 Å². The van der Waals surface area contributed by atoms with E-state index in [1.165, 1.54) is 82.1 Å². The predicted octanol–water partition coefficient (Wildman–Crippen LogP) is 18.2. The second-order valence-corrected chi connectivity index (χ2v) is 18.8. The van der Waals surface area contributed by atoms with Crippen molar-refractivity contribution in [3.8, 4) is 0 Å². The van der Waals surface area contributed by atoms with E-state index >= 15 is 0 Å². The summed E-state index contributed by atoms with van der Waals surface area (Å²) in [5.74, 6) is -0.490. The summed E-state index contributed by atoms with van der Waals surface area (Å²) in [6, 6.07) is 0. The molecule has 0 aromatic rings. The van der Waals surface area contributed by atoms with Crippen molar-refractivity contribution in [2.45, 2.75) is 212 Å². The first-order valence-corrected chi connectivity index (χ1v) is 24.7. The van der Waals surface area contributed by atoms with Crippen LogP contribution >= 0.6 is 0 Å². The summed E-state index contributed by atoms with van der Waals surface area (Å²) in [5.41, 5.74) is 15.5. The van der Waals surface area contributed by atoms with Crippen molar-refractivity contribution in [3.63, 3.8) is 0 Å². The van der Waals surface area contributed by atoms with Gasteiger partial charge in [-0.2, -0.15) is 0 Å². The molecule has 0 aliphatic heterocycles. The van der Waals surface area contributed by atoms with Gasteiger partial charge in [0, 0.05) is 11.1 Å². The van der Waals surface area contributed by atoms with Crippen molar-refractivity contribution < 1.29 is 19.1 Å². The van der Waals surface area contributed by atoms with Gasteiger partial charge in [-0.3, -0.25) is 9.59 Å². The summed E-state index contributed by atoms with van der Waals surface area (Å²) < 4.78 is 10.7. The molecule has 0 N–H and O–H groups in total. The van der Waals surface area contributed by atoms with E-state index < -0.39 is 0 Å². The van der Waals surface area contributed by atoms with Gasteiger partial charge in [-0.25, -0.2) is 0 Å². The van der Waals surface area contributed by atoms with Gasteiger partial charge in [0.25, 0.3) is 0 Å². The van der Waals surface area contributed by atoms with E-state index in [0.717, 1.165) is 96.3 Å². The fourth-order valence-electron chi connectivity index (χ4n) is 7.68. The first-order chi connectivity index (χ1) is 30.5. The van der Waals surface area contributed by atoms with Gasteiger partial charge in [-0.15, -0.1) is 0 Å². The summed E-state index contributed by atoms with van der Waals surface area (Å²) in [6.45, 7) is 28.4. The molecule has 4 heteroatoms. The quantitative estimate of drug-likeness (QED) is 0.0499. The second-order valence-electron chi connectivity index (χ2n) is 18.8. The Morgan fingerprint density at radius 3 is 0.906 bits per heavy atom. The molecule has 0 bridgehead atoms. The van der Waals surface area contributed by atoms with E-state index in [1.54, 1.807) is 13.8 Å². The molecule has 0 aromatic heterocycles. The molecular weight excluding hydrogens is 785 g/mol. The van der Waals surface area contributed by atoms with Gasteiger partial charge in [-0.05, 0) is 212 Å². The Balaban J connectivity index is 2.32. The maximum absolute atomic E-state index is 13.1. The van der Waals surface area contributed by atoms with Crippen LogP contribution in [0.3, 0.4) is 0 Å². The molecule has 1 aliphatic rings. The molecule has 1 aliphatic carbocycles. The van der Waals surface area contributed by atoms with E-state index in [0.29, 0.717) is 24.2 Å². The summed E-state index contributed by atoms with van der Waals surface area (Å²) in [6.07, 6.45) is 44.3. The topological polar surface area (TPSA) is 52.6 Å². The largest absolute Gasteiger partial charge is 0.489 e. The number of carbonyl (C=O) groups excluding carboxylic acids is 2. The number of Topliss-reactive ketones (excluding diaryl/α,β-unsaturated/α-hetero) is 2. The number of rotatable bonds is 32. The molecular formula is C60H92O4. The zero-order chi connectivity index (χ0) is 47.9. The predicted molar refractivity (Wildman–Crippen MR) is 279 cm³/mol. The Morgan fingerprint density at radius 2 is 0.656 bits per heavy atom. The lowest BCUT2D eigenvalue weighted by Crippen LogP contribution is -2.25. The lowest BCUT2D eigenvalue weighted by molar-refractivity contribution is -0.121. The smallest absolute Gasteiger partial charge is 0.228 e. The molecule has 0 spiro atoms. The summed E-state index contributed by atoms with van der Waals surface area (Å²) in [5, 5.41) is 0. The average Bonchev–Trinajstić information content (AvgIpc) is 3.22. The number of allylic oxidation sites excluding steroid dienone is 22. The van der Waals surface area contributed by atoms with Gasteiger partial charge < -0.3 is 9.47 Å². The third-order valence-corrected chi connectivity index (χ3v) is 12.2. The highest BCUT2D eigenvalue weighted by molar-refractivity contribution is 6.23. The molecule has 0 fully saturated rings. The normalized spacial score (nSPS) is 15.8. The van der Waals surface area contributed by atoms with E-state index in [4.69, 9.17) is 9.47 Å². The van der Waals surface area contributed by atoms with E-state index in [9.17, 15) is 9.59 Å². The molecule has 0 amide bonds. The fraction of sp³-hybridized carbons (Fsp3) is 0.567. The molecule has 0 aromatic carbocycles. The zero-order valence-electron chi connectivity index (χ0n) is 43.5. The van der Waals surface area contributed by atoms with Crippen LogP contribution in [0, 0.1) is 0 Å². The third-order valence-electron chi connectivity index (χ3n) is 12.2. The Bertz CT molecular complexity index is 1860. The lowest BCUT2D eigenvalue weighted by Gasteiger charge is -2.20. The highest BCUT2D eigenvalue weighted by atomic mass is 16.5. The number of ketones is 2. The molecule has 0 saturated carbocycles. The van der Waals surface area contributed by atoms with E-state index in [-0.39, 0.29) is 23.1 Å². The van der Waals surface area contributed by atoms with Crippen LogP contribution in [-0.2, 0) is 19.1 Å².